The van der Waals surface area contributed by atoms with Gasteiger partial charge in [0.25, 0.3) is 0 Å². The van der Waals surface area contributed by atoms with E-state index >= 15 is 0 Å². The molecule has 0 radical (unpaired) electrons. The fourth-order valence-corrected chi connectivity index (χ4v) is 2.88. The highest BCUT2D eigenvalue weighted by atomic mass is 35.5. The third kappa shape index (κ3) is 5.80. The summed E-state index contributed by atoms with van der Waals surface area (Å²) in [6, 6.07) is 15.3. The summed E-state index contributed by atoms with van der Waals surface area (Å²) in [4.78, 5) is 14.3. The van der Waals surface area contributed by atoms with E-state index in [-0.39, 0.29) is 12.5 Å². The van der Waals surface area contributed by atoms with Crippen molar-refractivity contribution in [3.63, 3.8) is 0 Å². The molecule has 0 bridgehead atoms. The predicted octanol–water partition coefficient (Wildman–Crippen LogP) is 3.44. The van der Waals surface area contributed by atoms with Crippen LogP contribution < -0.4 is 11.1 Å². The molecule has 0 aliphatic carbocycles. The maximum absolute atomic E-state index is 12.3. The number of hydrogen-bond donors (Lipinski definition) is 2. The van der Waals surface area contributed by atoms with Gasteiger partial charge in [-0.05, 0) is 24.1 Å². The van der Waals surface area contributed by atoms with E-state index in [0.29, 0.717) is 28.8 Å². The van der Waals surface area contributed by atoms with Gasteiger partial charge in [0.1, 0.15) is 0 Å². The third-order valence-electron chi connectivity index (χ3n) is 3.60. The molecular formula is C18H21Cl2N3O. The molecule has 2 aromatic rings. The maximum Gasteiger partial charge on any atom is 0.238 e. The van der Waals surface area contributed by atoms with Crippen LogP contribution >= 0.6 is 23.2 Å². The quantitative estimate of drug-likeness (QED) is 0.753. The molecule has 0 spiro atoms. The number of nitrogens with zero attached hydrogens (tertiary/aromatic N) is 1. The van der Waals surface area contributed by atoms with Crippen LogP contribution in [0.2, 0.25) is 10.0 Å². The molecule has 0 aliphatic rings. The summed E-state index contributed by atoms with van der Waals surface area (Å²) in [5.41, 5.74) is 7.34. The average Bonchev–Trinajstić information content (AvgIpc) is 2.57. The molecule has 4 nitrogen and oxygen atoms in total. The third-order valence-corrected chi connectivity index (χ3v) is 4.23. The first-order valence-electron chi connectivity index (χ1n) is 7.80. The van der Waals surface area contributed by atoms with Gasteiger partial charge in [-0.1, -0.05) is 59.6 Å². The van der Waals surface area contributed by atoms with Gasteiger partial charge < -0.3 is 11.1 Å². The van der Waals surface area contributed by atoms with Crippen molar-refractivity contribution in [3.8, 4) is 0 Å². The van der Waals surface area contributed by atoms with Gasteiger partial charge in [-0.15, -0.1) is 0 Å². The van der Waals surface area contributed by atoms with Crippen LogP contribution in [0.3, 0.4) is 0 Å². The Hall–Kier alpha value is -1.59. The number of para-hydroxylation sites is 1. The minimum Gasteiger partial charge on any atom is -0.329 e. The summed E-state index contributed by atoms with van der Waals surface area (Å²) in [6.07, 6.45) is 0.862. The van der Waals surface area contributed by atoms with Crippen LogP contribution in [0, 0.1) is 0 Å². The van der Waals surface area contributed by atoms with Gasteiger partial charge >= 0.3 is 0 Å². The average molecular weight is 366 g/mol. The number of carbonyl (C=O) groups is 1. The van der Waals surface area contributed by atoms with E-state index in [1.54, 1.807) is 18.2 Å². The lowest BCUT2D eigenvalue weighted by molar-refractivity contribution is -0.117. The van der Waals surface area contributed by atoms with E-state index in [0.717, 1.165) is 13.0 Å². The highest BCUT2D eigenvalue weighted by molar-refractivity contribution is 6.39. The van der Waals surface area contributed by atoms with Crippen LogP contribution in [0.1, 0.15) is 5.56 Å². The zero-order chi connectivity index (χ0) is 17.4. The Morgan fingerprint density at radius 1 is 1.00 bits per heavy atom. The Morgan fingerprint density at radius 3 is 2.29 bits per heavy atom. The van der Waals surface area contributed by atoms with Gasteiger partial charge in [0.2, 0.25) is 5.91 Å². The number of nitrogens with one attached hydrogen (secondary N) is 1. The Labute approximate surface area is 152 Å². The molecule has 3 N–H and O–H groups in total. The molecule has 0 atom stereocenters. The molecule has 0 aliphatic heterocycles. The zero-order valence-electron chi connectivity index (χ0n) is 13.3. The van der Waals surface area contributed by atoms with E-state index < -0.39 is 0 Å². The van der Waals surface area contributed by atoms with Crippen molar-refractivity contribution in [2.24, 2.45) is 5.73 Å². The van der Waals surface area contributed by atoms with Crippen LogP contribution in [0.25, 0.3) is 0 Å². The first-order valence-corrected chi connectivity index (χ1v) is 8.56. The first-order chi connectivity index (χ1) is 11.6. The molecule has 24 heavy (non-hydrogen) atoms. The topological polar surface area (TPSA) is 58.4 Å². The zero-order valence-corrected chi connectivity index (χ0v) is 14.9. The predicted molar refractivity (Wildman–Crippen MR) is 101 cm³/mol. The lowest BCUT2D eigenvalue weighted by atomic mass is 10.1. The second-order valence-electron chi connectivity index (χ2n) is 5.45. The first kappa shape index (κ1) is 18.7. The van der Waals surface area contributed by atoms with Crippen molar-refractivity contribution in [2.75, 3.05) is 31.5 Å². The monoisotopic (exact) mass is 365 g/mol. The largest absolute Gasteiger partial charge is 0.329 e. The van der Waals surface area contributed by atoms with Gasteiger partial charge in [0.15, 0.2) is 0 Å². The second kappa shape index (κ2) is 9.64. The fraction of sp³-hybridized carbons (Fsp3) is 0.278. The van der Waals surface area contributed by atoms with E-state index in [2.05, 4.69) is 17.4 Å². The summed E-state index contributed by atoms with van der Waals surface area (Å²) < 4.78 is 0. The van der Waals surface area contributed by atoms with E-state index in [9.17, 15) is 4.79 Å². The molecule has 0 saturated carbocycles. The molecule has 6 heteroatoms. The molecule has 1 amide bonds. The van der Waals surface area contributed by atoms with Crippen molar-refractivity contribution in [1.82, 2.24) is 4.90 Å². The molecule has 2 rings (SSSR count). The minimum atomic E-state index is -0.161. The molecule has 0 saturated heterocycles. The summed E-state index contributed by atoms with van der Waals surface area (Å²) in [5, 5.41) is 3.62. The number of amides is 1. The number of carbonyl (C=O) groups excluding carboxylic acids is 1. The van der Waals surface area contributed by atoms with Gasteiger partial charge in [-0.25, -0.2) is 0 Å². The highest BCUT2D eigenvalue weighted by Gasteiger charge is 2.13. The molecule has 0 aromatic heterocycles. The molecule has 0 fully saturated rings. The molecular weight excluding hydrogens is 345 g/mol. The standard InChI is InChI=1S/C18H21Cl2N3O/c19-15-7-4-8-16(20)18(15)22-17(24)13-23(12-10-21)11-9-14-5-2-1-3-6-14/h1-8H,9-13,21H2,(H,22,24). The van der Waals surface area contributed by atoms with Crippen LogP contribution in [0.5, 0.6) is 0 Å². The maximum atomic E-state index is 12.3. The van der Waals surface area contributed by atoms with Gasteiger partial charge in [-0.3, -0.25) is 9.69 Å². The number of anilines is 1. The minimum absolute atomic E-state index is 0.161. The van der Waals surface area contributed by atoms with Crippen molar-refractivity contribution >= 4 is 34.8 Å². The number of benzene rings is 2. The summed E-state index contributed by atoms with van der Waals surface area (Å²) in [5.74, 6) is -0.161. The Balaban J connectivity index is 1.93. The summed E-state index contributed by atoms with van der Waals surface area (Å²) in [6.45, 7) is 2.14. The van der Waals surface area contributed by atoms with E-state index in [4.69, 9.17) is 28.9 Å². The second-order valence-corrected chi connectivity index (χ2v) is 6.26. The van der Waals surface area contributed by atoms with Crippen LogP contribution in [0.15, 0.2) is 48.5 Å². The lowest BCUT2D eigenvalue weighted by Gasteiger charge is -2.21. The van der Waals surface area contributed by atoms with Crippen LogP contribution in [0.4, 0.5) is 5.69 Å². The van der Waals surface area contributed by atoms with Crippen LogP contribution in [-0.2, 0) is 11.2 Å². The van der Waals surface area contributed by atoms with E-state index in [1.165, 1.54) is 5.56 Å². The van der Waals surface area contributed by atoms with Gasteiger partial charge in [0.05, 0.1) is 22.3 Å². The smallest absolute Gasteiger partial charge is 0.238 e. The van der Waals surface area contributed by atoms with Crippen molar-refractivity contribution in [3.05, 3.63) is 64.1 Å². The summed E-state index contributed by atoms with van der Waals surface area (Å²) in [7, 11) is 0. The molecule has 0 unspecified atom stereocenters. The number of halogens is 2. The molecule has 0 heterocycles. The lowest BCUT2D eigenvalue weighted by Crippen LogP contribution is -2.38. The number of nitrogens with two attached hydrogens (primary N) is 1. The van der Waals surface area contributed by atoms with Crippen molar-refractivity contribution in [1.29, 1.82) is 0 Å². The van der Waals surface area contributed by atoms with Gasteiger partial charge in [0, 0.05) is 19.6 Å². The Kier molecular flexibility index (Phi) is 7.53. The molecule has 2 aromatic carbocycles. The molecule has 128 valence electrons. The Morgan fingerprint density at radius 2 is 1.67 bits per heavy atom. The highest BCUT2D eigenvalue weighted by Crippen LogP contribution is 2.29. The van der Waals surface area contributed by atoms with E-state index in [1.807, 2.05) is 23.1 Å². The normalized spacial score (nSPS) is 10.8. The fourth-order valence-electron chi connectivity index (χ4n) is 2.38. The number of rotatable bonds is 8. The van der Waals surface area contributed by atoms with Crippen molar-refractivity contribution < 1.29 is 4.79 Å². The van der Waals surface area contributed by atoms with Gasteiger partial charge in [-0.2, -0.15) is 0 Å². The van der Waals surface area contributed by atoms with Crippen molar-refractivity contribution in [2.45, 2.75) is 6.42 Å². The Bertz CT molecular complexity index is 644. The SMILES string of the molecule is NCCN(CCc1ccccc1)CC(=O)Nc1c(Cl)cccc1Cl. The van der Waals surface area contributed by atoms with Crippen LogP contribution in [-0.4, -0.2) is 37.0 Å². The summed E-state index contributed by atoms with van der Waals surface area (Å²) >= 11 is 12.2. The number of hydrogen-bond acceptors (Lipinski definition) is 3.